The smallest absolute Gasteiger partial charge is 0.224 e. The first kappa shape index (κ1) is 12.2. The van der Waals surface area contributed by atoms with Crippen molar-refractivity contribution < 1.29 is 8.78 Å². The molecule has 0 aliphatic rings. The molecule has 4 nitrogen and oxygen atoms in total. The van der Waals surface area contributed by atoms with Gasteiger partial charge in [0.25, 0.3) is 0 Å². The van der Waals surface area contributed by atoms with Gasteiger partial charge in [0.1, 0.15) is 23.1 Å². The highest BCUT2D eigenvalue weighted by molar-refractivity contribution is 5.58. The van der Waals surface area contributed by atoms with E-state index in [1.54, 1.807) is 0 Å². The highest BCUT2D eigenvalue weighted by Crippen LogP contribution is 2.22. The summed E-state index contributed by atoms with van der Waals surface area (Å²) in [6.07, 6.45) is 1.51. The normalized spacial score (nSPS) is 10.2. The molecule has 0 atom stereocenters. The molecule has 0 radical (unpaired) electrons. The summed E-state index contributed by atoms with van der Waals surface area (Å²) in [5.41, 5.74) is -0.223. The summed E-state index contributed by atoms with van der Waals surface area (Å²) in [6.45, 7) is 2.57. The van der Waals surface area contributed by atoms with Crippen LogP contribution in [0.25, 0.3) is 0 Å². The van der Waals surface area contributed by atoms with Crippen LogP contribution >= 0.6 is 0 Å². The maximum atomic E-state index is 13.4. The van der Waals surface area contributed by atoms with Crippen LogP contribution in [0.1, 0.15) is 6.92 Å². The maximum absolute atomic E-state index is 13.4. The van der Waals surface area contributed by atoms with Crippen molar-refractivity contribution in [1.29, 1.82) is 0 Å². The molecule has 1 aromatic heterocycles. The number of benzene rings is 1. The van der Waals surface area contributed by atoms with Crippen LogP contribution in [0, 0.1) is 11.6 Å². The Hall–Kier alpha value is -2.24. The molecule has 1 aromatic carbocycles. The fraction of sp³-hybridized carbons (Fsp3) is 0.167. The van der Waals surface area contributed by atoms with Crippen molar-refractivity contribution in [2.75, 3.05) is 17.2 Å². The van der Waals surface area contributed by atoms with Gasteiger partial charge in [-0.15, -0.1) is 0 Å². The Labute approximate surface area is 103 Å². The Morgan fingerprint density at radius 3 is 2.56 bits per heavy atom. The number of hydrogen-bond donors (Lipinski definition) is 2. The molecule has 18 heavy (non-hydrogen) atoms. The molecule has 2 N–H and O–H groups in total. The second kappa shape index (κ2) is 5.39. The van der Waals surface area contributed by atoms with Gasteiger partial charge in [-0.1, -0.05) is 6.07 Å². The zero-order valence-electron chi connectivity index (χ0n) is 9.74. The topological polar surface area (TPSA) is 49.8 Å². The summed E-state index contributed by atoms with van der Waals surface area (Å²) >= 11 is 0. The lowest BCUT2D eigenvalue weighted by atomic mass is 10.3. The van der Waals surface area contributed by atoms with Gasteiger partial charge in [-0.3, -0.25) is 0 Å². The monoisotopic (exact) mass is 250 g/mol. The highest BCUT2D eigenvalue weighted by Gasteiger charge is 2.09. The second-order valence-electron chi connectivity index (χ2n) is 3.52. The van der Waals surface area contributed by atoms with Crippen LogP contribution in [0.2, 0.25) is 0 Å². The molecule has 2 rings (SSSR count). The van der Waals surface area contributed by atoms with Crippen molar-refractivity contribution in [1.82, 2.24) is 9.97 Å². The molecule has 1 heterocycles. The predicted octanol–water partition coefficient (Wildman–Crippen LogP) is 2.93. The fourth-order valence-corrected chi connectivity index (χ4v) is 1.42. The van der Waals surface area contributed by atoms with Crippen LogP contribution in [0.3, 0.4) is 0 Å². The summed E-state index contributed by atoms with van der Waals surface area (Å²) in [5.74, 6) is -0.610. The van der Waals surface area contributed by atoms with Crippen molar-refractivity contribution in [2.24, 2.45) is 0 Å². The van der Waals surface area contributed by atoms with Crippen molar-refractivity contribution in [3.8, 4) is 0 Å². The number of hydrogen-bond acceptors (Lipinski definition) is 4. The number of para-hydroxylation sites is 1. The Bertz CT molecular complexity index is 525. The number of nitrogens with one attached hydrogen (secondary N) is 2. The van der Waals surface area contributed by atoms with Crippen LogP contribution in [0.4, 0.5) is 26.2 Å². The lowest BCUT2D eigenvalue weighted by Gasteiger charge is -2.08. The van der Waals surface area contributed by atoms with Crippen molar-refractivity contribution in [3.63, 3.8) is 0 Å². The number of nitrogens with zero attached hydrogens (tertiary/aromatic N) is 2. The van der Waals surface area contributed by atoms with Crippen molar-refractivity contribution in [2.45, 2.75) is 6.92 Å². The lowest BCUT2D eigenvalue weighted by molar-refractivity contribution is 0.590. The summed E-state index contributed by atoms with van der Waals surface area (Å²) < 4.78 is 26.8. The minimum Gasteiger partial charge on any atom is -0.354 e. The Morgan fingerprint density at radius 2 is 1.89 bits per heavy atom. The van der Waals surface area contributed by atoms with Gasteiger partial charge in [0.15, 0.2) is 0 Å². The van der Waals surface area contributed by atoms with Crippen molar-refractivity contribution >= 4 is 17.5 Å². The van der Waals surface area contributed by atoms with Gasteiger partial charge < -0.3 is 10.6 Å². The first-order chi connectivity index (χ1) is 8.70. The summed E-state index contributed by atoms with van der Waals surface area (Å²) in [7, 11) is 0. The van der Waals surface area contributed by atoms with Crippen LogP contribution in [-0.4, -0.2) is 16.5 Å². The zero-order chi connectivity index (χ0) is 13.0. The SMILES string of the molecule is CCNc1nccc(Nc2c(F)cccc2F)n1. The van der Waals surface area contributed by atoms with E-state index in [9.17, 15) is 8.78 Å². The average molecular weight is 250 g/mol. The van der Waals surface area contributed by atoms with E-state index in [4.69, 9.17) is 0 Å². The number of halogens is 2. The van der Waals surface area contributed by atoms with E-state index in [1.165, 1.54) is 30.5 Å². The van der Waals surface area contributed by atoms with Crippen molar-refractivity contribution in [3.05, 3.63) is 42.1 Å². The molecule has 0 bridgehead atoms. The van der Waals surface area contributed by atoms with E-state index in [0.29, 0.717) is 18.3 Å². The molecule has 0 aliphatic carbocycles. The molecule has 0 saturated carbocycles. The summed E-state index contributed by atoms with van der Waals surface area (Å²) in [6, 6.07) is 5.20. The number of anilines is 3. The first-order valence-corrected chi connectivity index (χ1v) is 5.48. The van der Waals surface area contributed by atoms with Gasteiger partial charge in [-0.05, 0) is 25.1 Å². The van der Waals surface area contributed by atoms with E-state index >= 15 is 0 Å². The third kappa shape index (κ3) is 2.71. The molecular formula is C12H12F2N4. The molecule has 2 aromatic rings. The van der Waals surface area contributed by atoms with E-state index in [-0.39, 0.29) is 5.69 Å². The minimum absolute atomic E-state index is 0.223. The quantitative estimate of drug-likeness (QED) is 0.876. The predicted molar refractivity (Wildman–Crippen MR) is 65.8 cm³/mol. The first-order valence-electron chi connectivity index (χ1n) is 5.48. The van der Waals surface area contributed by atoms with E-state index in [0.717, 1.165) is 0 Å². The highest BCUT2D eigenvalue weighted by atomic mass is 19.1. The molecule has 0 aliphatic heterocycles. The van der Waals surface area contributed by atoms with Gasteiger partial charge in [0.2, 0.25) is 5.95 Å². The van der Waals surface area contributed by atoms with Gasteiger partial charge in [-0.2, -0.15) is 4.98 Å². The van der Waals surface area contributed by atoms with Gasteiger partial charge in [-0.25, -0.2) is 13.8 Å². The number of aromatic nitrogens is 2. The van der Waals surface area contributed by atoms with Gasteiger partial charge in [0.05, 0.1) is 0 Å². The Balaban J connectivity index is 2.26. The van der Waals surface area contributed by atoms with Crippen LogP contribution in [0.15, 0.2) is 30.5 Å². The zero-order valence-corrected chi connectivity index (χ0v) is 9.74. The molecule has 0 fully saturated rings. The number of rotatable bonds is 4. The third-order valence-electron chi connectivity index (χ3n) is 2.21. The van der Waals surface area contributed by atoms with E-state index < -0.39 is 11.6 Å². The summed E-state index contributed by atoms with van der Waals surface area (Å²) in [5, 5.41) is 5.51. The molecular weight excluding hydrogens is 238 g/mol. The Morgan fingerprint density at radius 1 is 1.17 bits per heavy atom. The molecule has 0 saturated heterocycles. The average Bonchev–Trinajstić information content (AvgIpc) is 2.35. The largest absolute Gasteiger partial charge is 0.354 e. The maximum Gasteiger partial charge on any atom is 0.224 e. The van der Waals surface area contributed by atoms with Crippen LogP contribution in [-0.2, 0) is 0 Å². The van der Waals surface area contributed by atoms with Crippen LogP contribution in [0.5, 0.6) is 0 Å². The van der Waals surface area contributed by atoms with E-state index in [2.05, 4.69) is 20.6 Å². The second-order valence-corrected chi connectivity index (χ2v) is 3.52. The standard InChI is InChI=1S/C12H12F2N4/c1-2-15-12-16-7-6-10(18-12)17-11-8(13)4-3-5-9(11)14/h3-7H,2H2,1H3,(H2,15,16,17,18). The molecule has 0 spiro atoms. The van der Waals surface area contributed by atoms with Gasteiger partial charge >= 0.3 is 0 Å². The molecule has 6 heteroatoms. The molecule has 94 valence electrons. The minimum atomic E-state index is -0.668. The Kier molecular flexibility index (Phi) is 3.66. The lowest BCUT2D eigenvalue weighted by Crippen LogP contribution is -2.05. The summed E-state index contributed by atoms with van der Waals surface area (Å²) in [4.78, 5) is 8.04. The van der Waals surface area contributed by atoms with Gasteiger partial charge in [0, 0.05) is 12.7 Å². The molecule has 0 unspecified atom stereocenters. The van der Waals surface area contributed by atoms with Crippen LogP contribution < -0.4 is 10.6 Å². The van der Waals surface area contributed by atoms with E-state index in [1.807, 2.05) is 6.92 Å². The molecule has 0 amide bonds. The fourth-order valence-electron chi connectivity index (χ4n) is 1.42. The third-order valence-corrected chi connectivity index (χ3v) is 2.21.